The molecule has 1 heterocycles. The van der Waals surface area contributed by atoms with Gasteiger partial charge in [-0.25, -0.2) is 0 Å². The third-order valence-electron chi connectivity index (χ3n) is 13.7. The van der Waals surface area contributed by atoms with E-state index in [1.54, 1.807) is 0 Å². The third-order valence-corrected chi connectivity index (χ3v) is 13.7. The molecule has 0 amide bonds. The summed E-state index contributed by atoms with van der Waals surface area (Å²) in [5.41, 5.74) is 20.5. The van der Waals surface area contributed by atoms with Crippen LogP contribution in [0.15, 0.2) is 217 Å². The smallest absolute Gasteiger partial charge is 0.135 e. The second-order valence-corrected chi connectivity index (χ2v) is 17.2. The predicted octanol–water partition coefficient (Wildman–Crippen LogP) is 15.1. The molecule has 0 fully saturated rings. The van der Waals surface area contributed by atoms with Gasteiger partial charge in [-0.15, -0.1) is 0 Å². The minimum Gasteiger partial charge on any atom is -0.456 e. The summed E-state index contributed by atoms with van der Waals surface area (Å²) in [7, 11) is 0. The van der Waals surface area contributed by atoms with Crippen molar-refractivity contribution in [2.45, 2.75) is 30.6 Å². The minimum absolute atomic E-state index is 0.0529. The van der Waals surface area contributed by atoms with Crippen molar-refractivity contribution < 1.29 is 4.42 Å². The van der Waals surface area contributed by atoms with Gasteiger partial charge in [0.25, 0.3) is 0 Å². The van der Waals surface area contributed by atoms with Crippen molar-refractivity contribution in [2.24, 2.45) is 0 Å². The molecular formula is C59H42O. The first-order valence-corrected chi connectivity index (χ1v) is 21.1. The number of rotatable bonds is 6. The summed E-state index contributed by atoms with van der Waals surface area (Å²) in [6, 6.07) is 78.7. The molecule has 10 aromatic rings. The highest BCUT2D eigenvalue weighted by molar-refractivity contribution is 6.08. The molecule has 1 aromatic heterocycles. The van der Waals surface area contributed by atoms with Gasteiger partial charge in [0, 0.05) is 22.1 Å². The van der Waals surface area contributed by atoms with Crippen molar-refractivity contribution in [1.29, 1.82) is 0 Å². The van der Waals surface area contributed by atoms with Gasteiger partial charge in [0.2, 0.25) is 0 Å². The summed E-state index contributed by atoms with van der Waals surface area (Å²) in [5.74, 6) is -0.0529. The van der Waals surface area contributed by atoms with Crippen molar-refractivity contribution in [3.05, 3.63) is 262 Å². The minimum atomic E-state index is -0.484. The first-order valence-electron chi connectivity index (χ1n) is 21.1. The molecule has 1 nitrogen and oxygen atoms in total. The van der Waals surface area contributed by atoms with Crippen molar-refractivity contribution in [2.75, 3.05) is 0 Å². The van der Waals surface area contributed by atoms with Gasteiger partial charge in [0.15, 0.2) is 0 Å². The number of furan rings is 1. The van der Waals surface area contributed by atoms with Crippen LogP contribution in [0.2, 0.25) is 0 Å². The maximum absolute atomic E-state index is 6.87. The molecule has 1 heteroatoms. The van der Waals surface area contributed by atoms with E-state index >= 15 is 0 Å². The van der Waals surface area contributed by atoms with E-state index < -0.39 is 5.41 Å². The zero-order valence-corrected chi connectivity index (χ0v) is 33.7. The molecule has 0 bridgehead atoms. The Morgan fingerprint density at radius 3 is 1.58 bits per heavy atom. The molecule has 284 valence electrons. The molecule has 9 aromatic carbocycles. The summed E-state index contributed by atoms with van der Waals surface area (Å²) in [6.07, 6.45) is 0. The van der Waals surface area contributed by atoms with Crippen LogP contribution < -0.4 is 0 Å². The lowest BCUT2D eigenvalue weighted by Crippen LogP contribution is -2.28. The molecule has 0 saturated heterocycles. The van der Waals surface area contributed by atoms with E-state index in [0.29, 0.717) is 0 Å². The second-order valence-electron chi connectivity index (χ2n) is 17.2. The standard InChI is InChI=1S/C59H42O/c1-58(2)51-25-12-9-24-47(51)49-36-50-48-33-32-42(35-55(48)60-56(50)37-54(49)58)57(40-30-28-39(29-31-40)38-16-5-3-6-17-38)41-18-15-21-44(34-41)59(43-19-7-4-8-20-43)52-26-13-10-22-45(52)46-23-11-14-27-53(46)59/h3-37,57H,1-2H3. The molecule has 2 aliphatic rings. The Kier molecular flexibility index (Phi) is 7.62. The quantitative estimate of drug-likeness (QED) is 0.154. The highest BCUT2D eigenvalue weighted by Gasteiger charge is 2.46. The van der Waals surface area contributed by atoms with Crippen LogP contribution in [-0.2, 0) is 10.8 Å². The molecule has 0 N–H and O–H groups in total. The maximum Gasteiger partial charge on any atom is 0.135 e. The average molecular weight is 767 g/mol. The summed E-state index contributed by atoms with van der Waals surface area (Å²) in [4.78, 5) is 0. The van der Waals surface area contributed by atoms with E-state index in [9.17, 15) is 0 Å². The summed E-state index contributed by atoms with van der Waals surface area (Å²) < 4.78 is 6.87. The Morgan fingerprint density at radius 1 is 0.350 bits per heavy atom. The first-order chi connectivity index (χ1) is 29.5. The highest BCUT2D eigenvalue weighted by atomic mass is 16.3. The number of hydrogen-bond acceptors (Lipinski definition) is 1. The van der Waals surface area contributed by atoms with Crippen molar-refractivity contribution >= 4 is 21.9 Å². The number of fused-ring (bicyclic) bond motifs is 9. The van der Waals surface area contributed by atoms with E-state index in [1.165, 1.54) is 83.5 Å². The zero-order valence-electron chi connectivity index (χ0n) is 33.7. The third kappa shape index (κ3) is 4.99. The molecule has 60 heavy (non-hydrogen) atoms. The maximum atomic E-state index is 6.87. The highest BCUT2D eigenvalue weighted by Crippen LogP contribution is 2.57. The van der Waals surface area contributed by atoms with Crippen LogP contribution in [0.5, 0.6) is 0 Å². The molecule has 1 atom stereocenters. The van der Waals surface area contributed by atoms with Gasteiger partial charge >= 0.3 is 0 Å². The fraction of sp³-hybridized carbons (Fsp3) is 0.0847. The number of hydrogen-bond donors (Lipinski definition) is 0. The normalized spacial score (nSPS) is 14.7. The second kappa shape index (κ2) is 13.1. The predicted molar refractivity (Wildman–Crippen MR) is 248 cm³/mol. The molecule has 0 saturated carbocycles. The SMILES string of the molecule is CC1(C)c2ccccc2-c2cc3c(cc21)oc1cc(C(c2ccc(-c4ccccc4)cc2)c2cccc(C4(c5ccccc5)c5ccccc5-c5ccccc54)c2)ccc13. The van der Waals surface area contributed by atoms with E-state index in [-0.39, 0.29) is 11.3 Å². The van der Waals surface area contributed by atoms with Crippen LogP contribution in [0.25, 0.3) is 55.3 Å². The van der Waals surface area contributed by atoms with E-state index in [4.69, 9.17) is 4.42 Å². The molecule has 12 rings (SSSR count). The van der Waals surface area contributed by atoms with Gasteiger partial charge in [-0.1, -0.05) is 208 Å². The van der Waals surface area contributed by atoms with Crippen molar-refractivity contribution in [1.82, 2.24) is 0 Å². The van der Waals surface area contributed by atoms with Crippen LogP contribution in [-0.4, -0.2) is 0 Å². The Hall–Kier alpha value is -7.22. The summed E-state index contributed by atoms with van der Waals surface area (Å²) >= 11 is 0. The Morgan fingerprint density at radius 2 is 0.883 bits per heavy atom. The zero-order chi connectivity index (χ0) is 40.0. The average Bonchev–Trinajstić information content (AvgIpc) is 3.90. The fourth-order valence-corrected chi connectivity index (χ4v) is 10.9. The Bertz CT molecular complexity index is 3230. The molecule has 1 unspecified atom stereocenters. The van der Waals surface area contributed by atoms with Gasteiger partial charge in [0.1, 0.15) is 11.2 Å². The van der Waals surface area contributed by atoms with Crippen LogP contribution in [0.1, 0.15) is 69.8 Å². The van der Waals surface area contributed by atoms with Crippen molar-refractivity contribution in [3.63, 3.8) is 0 Å². The monoisotopic (exact) mass is 766 g/mol. The first kappa shape index (κ1) is 34.8. The van der Waals surface area contributed by atoms with Gasteiger partial charge in [-0.05, 0) is 102 Å². The largest absolute Gasteiger partial charge is 0.456 e. The summed E-state index contributed by atoms with van der Waals surface area (Å²) in [6.45, 7) is 4.66. The van der Waals surface area contributed by atoms with Gasteiger partial charge < -0.3 is 4.42 Å². The van der Waals surface area contributed by atoms with Gasteiger partial charge in [-0.2, -0.15) is 0 Å². The Labute approximate surface area is 351 Å². The Balaban J connectivity index is 1.06. The van der Waals surface area contributed by atoms with E-state index in [2.05, 4.69) is 226 Å². The lowest BCUT2D eigenvalue weighted by molar-refractivity contribution is 0.647. The number of benzene rings is 9. The summed E-state index contributed by atoms with van der Waals surface area (Å²) in [5, 5.41) is 2.31. The fourth-order valence-electron chi connectivity index (χ4n) is 10.9. The molecular weight excluding hydrogens is 725 g/mol. The van der Waals surface area contributed by atoms with Crippen LogP contribution in [0.3, 0.4) is 0 Å². The van der Waals surface area contributed by atoms with Crippen LogP contribution in [0, 0.1) is 0 Å². The molecule has 2 aliphatic carbocycles. The topological polar surface area (TPSA) is 13.1 Å². The molecule has 0 spiro atoms. The van der Waals surface area contributed by atoms with Crippen LogP contribution in [0.4, 0.5) is 0 Å². The van der Waals surface area contributed by atoms with E-state index in [0.717, 1.165) is 21.9 Å². The van der Waals surface area contributed by atoms with Gasteiger partial charge in [-0.3, -0.25) is 0 Å². The lowest BCUT2D eigenvalue weighted by Gasteiger charge is -2.34. The van der Waals surface area contributed by atoms with Gasteiger partial charge in [0.05, 0.1) is 5.41 Å². The van der Waals surface area contributed by atoms with Crippen molar-refractivity contribution in [3.8, 4) is 33.4 Å². The lowest BCUT2D eigenvalue weighted by atomic mass is 9.67. The van der Waals surface area contributed by atoms with E-state index in [1.807, 2.05) is 0 Å². The molecule has 0 radical (unpaired) electrons. The molecule has 0 aliphatic heterocycles. The van der Waals surface area contributed by atoms with Crippen LogP contribution >= 0.6 is 0 Å².